The Morgan fingerprint density at radius 3 is 2.63 bits per heavy atom. The van der Waals surface area contributed by atoms with Gasteiger partial charge in [-0.2, -0.15) is 5.26 Å². The second-order valence-electron chi connectivity index (χ2n) is 6.42. The Bertz CT molecular complexity index is 840. The number of anilines is 1. The molecule has 1 aliphatic rings. The molecule has 1 aromatic carbocycles. The van der Waals surface area contributed by atoms with E-state index < -0.39 is 5.91 Å². The van der Waals surface area contributed by atoms with Crippen molar-refractivity contribution in [1.82, 2.24) is 5.32 Å². The van der Waals surface area contributed by atoms with Crippen LogP contribution >= 0.6 is 0 Å². The fourth-order valence-electron chi connectivity index (χ4n) is 3.02. The molecule has 0 atom stereocenters. The second-order valence-corrected chi connectivity index (χ2v) is 6.42. The summed E-state index contributed by atoms with van der Waals surface area (Å²) in [6.45, 7) is 2.28. The average Bonchev–Trinajstić information content (AvgIpc) is 3.20. The van der Waals surface area contributed by atoms with E-state index in [2.05, 4.69) is 10.2 Å². The number of hydrogen-bond donors (Lipinski definition) is 1. The van der Waals surface area contributed by atoms with Crippen molar-refractivity contribution < 1.29 is 13.9 Å². The van der Waals surface area contributed by atoms with Gasteiger partial charge >= 0.3 is 0 Å². The largest absolute Gasteiger partial charge is 0.497 e. The molecule has 6 nitrogen and oxygen atoms in total. The van der Waals surface area contributed by atoms with Gasteiger partial charge in [-0.3, -0.25) is 4.79 Å². The molecule has 1 fully saturated rings. The van der Waals surface area contributed by atoms with E-state index in [1.807, 2.05) is 36.4 Å². The number of furan rings is 1. The van der Waals surface area contributed by atoms with E-state index in [-0.39, 0.29) is 5.57 Å². The predicted octanol–water partition coefficient (Wildman–Crippen LogP) is 3.50. The van der Waals surface area contributed by atoms with Crippen LogP contribution in [0.3, 0.4) is 0 Å². The summed E-state index contributed by atoms with van der Waals surface area (Å²) in [6, 6.07) is 13.0. The van der Waals surface area contributed by atoms with Gasteiger partial charge in [0.15, 0.2) is 5.88 Å². The predicted molar refractivity (Wildman–Crippen MR) is 103 cm³/mol. The summed E-state index contributed by atoms with van der Waals surface area (Å²) in [6.07, 6.45) is 5.04. The SMILES string of the molecule is COc1ccc(CNC(=O)/C(C#N)=C\c2ccc(N3CCCCC3)o2)cc1. The number of piperidine rings is 1. The topological polar surface area (TPSA) is 78.5 Å². The molecule has 0 radical (unpaired) electrons. The first-order valence-electron chi connectivity index (χ1n) is 9.07. The molecule has 1 aromatic heterocycles. The standard InChI is InChI=1S/C21H23N3O3/c1-26-18-7-5-16(6-8-18)15-23-21(25)17(14-22)13-19-9-10-20(27-19)24-11-3-2-4-12-24/h5-10,13H,2-4,11-12,15H2,1H3,(H,23,25)/b17-13-. The van der Waals surface area contributed by atoms with Crippen molar-refractivity contribution in [2.45, 2.75) is 25.8 Å². The minimum atomic E-state index is -0.427. The maximum atomic E-state index is 12.3. The Morgan fingerprint density at radius 2 is 1.96 bits per heavy atom. The Kier molecular flexibility index (Phi) is 6.16. The Balaban J connectivity index is 1.62. The molecule has 0 saturated carbocycles. The first kappa shape index (κ1) is 18.6. The van der Waals surface area contributed by atoms with Crippen LogP contribution in [0.2, 0.25) is 0 Å². The minimum absolute atomic E-state index is 0.0167. The molecule has 27 heavy (non-hydrogen) atoms. The lowest BCUT2D eigenvalue weighted by Gasteiger charge is -2.25. The van der Waals surface area contributed by atoms with Crippen LogP contribution in [-0.2, 0) is 11.3 Å². The molecule has 140 valence electrons. The van der Waals surface area contributed by atoms with Crippen LogP contribution in [0.1, 0.15) is 30.6 Å². The molecule has 1 N–H and O–H groups in total. The molecular formula is C21H23N3O3. The number of rotatable bonds is 6. The summed E-state index contributed by atoms with van der Waals surface area (Å²) in [7, 11) is 1.60. The Morgan fingerprint density at radius 1 is 1.22 bits per heavy atom. The fraction of sp³-hybridized carbons (Fsp3) is 0.333. The molecule has 6 heteroatoms. The van der Waals surface area contributed by atoms with Gasteiger partial charge in [-0.05, 0) is 43.0 Å². The monoisotopic (exact) mass is 365 g/mol. The number of carbonyl (C=O) groups is 1. The van der Waals surface area contributed by atoms with Crippen LogP contribution in [0.15, 0.2) is 46.4 Å². The number of methoxy groups -OCH3 is 1. The first-order chi connectivity index (χ1) is 13.2. The van der Waals surface area contributed by atoms with E-state index in [0.717, 1.165) is 43.1 Å². The van der Waals surface area contributed by atoms with Crippen molar-refractivity contribution in [3.63, 3.8) is 0 Å². The third-order valence-electron chi connectivity index (χ3n) is 4.54. The van der Waals surface area contributed by atoms with Crippen LogP contribution in [0.4, 0.5) is 5.88 Å². The molecular weight excluding hydrogens is 342 g/mol. The second kappa shape index (κ2) is 8.95. The highest BCUT2D eigenvalue weighted by atomic mass is 16.5. The van der Waals surface area contributed by atoms with E-state index in [4.69, 9.17) is 9.15 Å². The van der Waals surface area contributed by atoms with Gasteiger partial charge in [0.1, 0.15) is 23.2 Å². The van der Waals surface area contributed by atoms with Gasteiger partial charge in [0.05, 0.1) is 7.11 Å². The van der Waals surface area contributed by atoms with Crippen LogP contribution in [0, 0.1) is 11.3 Å². The maximum Gasteiger partial charge on any atom is 0.262 e. The third kappa shape index (κ3) is 4.91. The zero-order valence-electron chi connectivity index (χ0n) is 15.4. The molecule has 1 aliphatic heterocycles. The van der Waals surface area contributed by atoms with E-state index in [0.29, 0.717) is 12.3 Å². The van der Waals surface area contributed by atoms with E-state index in [1.54, 1.807) is 13.2 Å². The van der Waals surface area contributed by atoms with Gasteiger partial charge < -0.3 is 19.4 Å². The third-order valence-corrected chi connectivity index (χ3v) is 4.54. The number of hydrogen-bond acceptors (Lipinski definition) is 5. The fourth-order valence-corrected chi connectivity index (χ4v) is 3.02. The Labute approximate surface area is 159 Å². The van der Waals surface area contributed by atoms with E-state index in [1.165, 1.54) is 12.5 Å². The van der Waals surface area contributed by atoms with Crippen molar-refractivity contribution in [2.75, 3.05) is 25.1 Å². The lowest BCUT2D eigenvalue weighted by atomic mass is 10.1. The Hall–Kier alpha value is -3.20. The smallest absolute Gasteiger partial charge is 0.262 e. The van der Waals surface area contributed by atoms with Crippen LogP contribution in [0.25, 0.3) is 6.08 Å². The molecule has 0 spiro atoms. The van der Waals surface area contributed by atoms with Crippen molar-refractivity contribution in [3.05, 3.63) is 53.3 Å². The van der Waals surface area contributed by atoms with Crippen molar-refractivity contribution >= 4 is 17.9 Å². The summed E-state index contributed by atoms with van der Waals surface area (Å²) in [5, 5.41) is 12.1. The highest BCUT2D eigenvalue weighted by molar-refractivity contribution is 6.01. The summed E-state index contributed by atoms with van der Waals surface area (Å²) in [5.74, 6) is 1.62. The first-order valence-corrected chi connectivity index (χ1v) is 9.07. The average molecular weight is 365 g/mol. The number of benzene rings is 1. The molecule has 0 unspecified atom stereocenters. The zero-order valence-corrected chi connectivity index (χ0v) is 15.4. The van der Waals surface area contributed by atoms with Crippen molar-refractivity contribution in [3.8, 4) is 11.8 Å². The van der Waals surface area contributed by atoms with Gasteiger partial charge in [-0.1, -0.05) is 12.1 Å². The number of nitrogens with one attached hydrogen (secondary N) is 1. The van der Waals surface area contributed by atoms with Gasteiger partial charge in [-0.25, -0.2) is 0 Å². The van der Waals surface area contributed by atoms with Gasteiger partial charge in [0.25, 0.3) is 5.91 Å². The highest BCUT2D eigenvalue weighted by Crippen LogP contribution is 2.23. The summed E-state index contributed by atoms with van der Waals surface area (Å²) < 4.78 is 10.9. The minimum Gasteiger partial charge on any atom is -0.497 e. The number of amides is 1. The molecule has 0 aliphatic carbocycles. The number of nitrogens with zero attached hydrogens (tertiary/aromatic N) is 2. The molecule has 3 rings (SSSR count). The van der Waals surface area contributed by atoms with Crippen LogP contribution in [-0.4, -0.2) is 26.1 Å². The normalized spacial score (nSPS) is 14.5. The van der Waals surface area contributed by atoms with E-state index >= 15 is 0 Å². The number of ether oxygens (including phenoxy) is 1. The van der Waals surface area contributed by atoms with Crippen molar-refractivity contribution in [2.24, 2.45) is 0 Å². The summed E-state index contributed by atoms with van der Waals surface area (Å²) in [4.78, 5) is 14.5. The molecule has 1 saturated heterocycles. The van der Waals surface area contributed by atoms with Crippen LogP contribution in [0.5, 0.6) is 5.75 Å². The summed E-state index contributed by atoms with van der Waals surface area (Å²) >= 11 is 0. The lowest BCUT2D eigenvalue weighted by Crippen LogP contribution is -2.28. The molecule has 2 heterocycles. The summed E-state index contributed by atoms with van der Waals surface area (Å²) in [5.41, 5.74) is 0.940. The quantitative estimate of drug-likeness (QED) is 0.626. The molecule has 2 aromatic rings. The van der Waals surface area contributed by atoms with Crippen LogP contribution < -0.4 is 15.0 Å². The molecule has 1 amide bonds. The number of nitriles is 1. The van der Waals surface area contributed by atoms with Gasteiger partial charge in [0, 0.05) is 31.8 Å². The lowest BCUT2D eigenvalue weighted by molar-refractivity contribution is -0.117. The number of carbonyl (C=O) groups excluding carboxylic acids is 1. The van der Waals surface area contributed by atoms with Crippen molar-refractivity contribution in [1.29, 1.82) is 5.26 Å². The molecule has 0 bridgehead atoms. The zero-order chi connectivity index (χ0) is 19.1. The van der Waals surface area contributed by atoms with E-state index in [9.17, 15) is 10.1 Å². The maximum absolute atomic E-state index is 12.3. The highest BCUT2D eigenvalue weighted by Gasteiger charge is 2.15. The van der Waals surface area contributed by atoms with Gasteiger partial charge in [-0.15, -0.1) is 0 Å². The van der Waals surface area contributed by atoms with Gasteiger partial charge in [0.2, 0.25) is 0 Å².